The van der Waals surface area contributed by atoms with Gasteiger partial charge >= 0.3 is 0 Å². The van der Waals surface area contributed by atoms with E-state index in [4.69, 9.17) is 5.73 Å². The first-order valence-electron chi connectivity index (χ1n) is 8.25. The molecule has 0 aliphatic carbocycles. The van der Waals surface area contributed by atoms with Crippen LogP contribution < -0.4 is 5.73 Å². The molecule has 5 heteroatoms. The van der Waals surface area contributed by atoms with Crippen molar-refractivity contribution in [1.29, 1.82) is 0 Å². The van der Waals surface area contributed by atoms with Gasteiger partial charge in [-0.25, -0.2) is 0 Å². The zero-order valence-electron chi connectivity index (χ0n) is 14.2. The number of nitrogens with zero attached hydrogens (tertiary/aromatic N) is 2. The molecular formula is C18H27N3O2. The maximum atomic E-state index is 12.8. The highest BCUT2D eigenvalue weighted by molar-refractivity contribution is 5.90. The highest BCUT2D eigenvalue weighted by atomic mass is 16.2. The molecule has 0 spiro atoms. The molecular weight excluding hydrogens is 290 g/mol. The predicted octanol–water partition coefficient (Wildman–Crippen LogP) is 1.27. The van der Waals surface area contributed by atoms with E-state index in [9.17, 15) is 9.59 Å². The van der Waals surface area contributed by atoms with Crippen molar-refractivity contribution >= 4 is 11.8 Å². The molecule has 2 amide bonds. The van der Waals surface area contributed by atoms with Gasteiger partial charge in [-0.15, -0.1) is 0 Å². The largest absolute Gasteiger partial charge is 0.342 e. The molecule has 1 aliphatic rings. The fourth-order valence-electron chi connectivity index (χ4n) is 3.02. The number of hydrogen-bond acceptors (Lipinski definition) is 3. The van der Waals surface area contributed by atoms with Crippen LogP contribution in [0.15, 0.2) is 30.3 Å². The molecule has 0 aromatic heterocycles. The first-order chi connectivity index (χ1) is 10.9. The summed E-state index contributed by atoms with van der Waals surface area (Å²) in [5, 5.41) is 0. The van der Waals surface area contributed by atoms with Gasteiger partial charge in [-0.05, 0) is 24.3 Å². The van der Waals surface area contributed by atoms with Crippen molar-refractivity contribution in [2.75, 3.05) is 20.1 Å². The van der Waals surface area contributed by atoms with Crippen molar-refractivity contribution in [2.45, 2.75) is 38.8 Å². The Balaban J connectivity index is 2.10. The number of benzene rings is 1. The highest BCUT2D eigenvalue weighted by Gasteiger charge is 2.37. The lowest BCUT2D eigenvalue weighted by Crippen LogP contribution is -2.61. The van der Waals surface area contributed by atoms with Crippen molar-refractivity contribution in [2.24, 2.45) is 11.7 Å². The molecule has 2 rings (SSSR count). The molecule has 1 saturated heterocycles. The SMILES string of the molecule is CC(C)C[C@H]1C(=O)N(C)CCN1C(=O)[C@@H](N)Cc1ccccc1. The van der Waals surface area contributed by atoms with Crippen molar-refractivity contribution < 1.29 is 9.59 Å². The van der Waals surface area contributed by atoms with E-state index >= 15 is 0 Å². The molecule has 23 heavy (non-hydrogen) atoms. The number of piperazine rings is 1. The first-order valence-corrected chi connectivity index (χ1v) is 8.25. The molecule has 2 N–H and O–H groups in total. The van der Waals surface area contributed by atoms with Crippen molar-refractivity contribution in [1.82, 2.24) is 9.80 Å². The van der Waals surface area contributed by atoms with Crippen LogP contribution in [0.3, 0.4) is 0 Å². The average molecular weight is 317 g/mol. The molecule has 1 aliphatic heterocycles. The van der Waals surface area contributed by atoms with Gasteiger partial charge in [0.1, 0.15) is 6.04 Å². The second kappa shape index (κ2) is 7.59. The van der Waals surface area contributed by atoms with Gasteiger partial charge in [-0.3, -0.25) is 9.59 Å². The first kappa shape index (κ1) is 17.5. The van der Waals surface area contributed by atoms with Crippen molar-refractivity contribution in [3.05, 3.63) is 35.9 Å². The quantitative estimate of drug-likeness (QED) is 0.889. The van der Waals surface area contributed by atoms with Crippen LogP contribution >= 0.6 is 0 Å². The number of amides is 2. The summed E-state index contributed by atoms with van der Waals surface area (Å²) in [6.07, 6.45) is 1.17. The molecule has 1 fully saturated rings. The van der Waals surface area contributed by atoms with Crippen molar-refractivity contribution in [3.8, 4) is 0 Å². The fourth-order valence-corrected chi connectivity index (χ4v) is 3.02. The number of rotatable bonds is 5. The van der Waals surface area contributed by atoms with Gasteiger partial charge in [-0.1, -0.05) is 44.2 Å². The Morgan fingerprint density at radius 3 is 2.52 bits per heavy atom. The topological polar surface area (TPSA) is 66.6 Å². The van der Waals surface area contributed by atoms with Crippen LogP contribution in [-0.4, -0.2) is 53.8 Å². The van der Waals surface area contributed by atoms with Crippen molar-refractivity contribution in [3.63, 3.8) is 0 Å². The minimum atomic E-state index is -0.608. The fraction of sp³-hybridized carbons (Fsp3) is 0.556. The van der Waals surface area contributed by atoms with Gasteiger partial charge in [0.05, 0.1) is 6.04 Å². The van der Waals surface area contributed by atoms with Crippen LogP contribution in [0, 0.1) is 5.92 Å². The third-order valence-corrected chi connectivity index (χ3v) is 4.31. The Morgan fingerprint density at radius 2 is 1.91 bits per heavy atom. The van der Waals surface area contributed by atoms with E-state index in [1.807, 2.05) is 30.3 Å². The smallest absolute Gasteiger partial charge is 0.245 e. The van der Waals surface area contributed by atoms with E-state index in [0.29, 0.717) is 31.8 Å². The molecule has 0 saturated carbocycles. The molecule has 1 aromatic carbocycles. The van der Waals surface area contributed by atoms with Crippen LogP contribution in [0.5, 0.6) is 0 Å². The summed E-state index contributed by atoms with van der Waals surface area (Å²) in [5.41, 5.74) is 7.17. The van der Waals surface area contributed by atoms with Crippen LogP contribution in [-0.2, 0) is 16.0 Å². The van der Waals surface area contributed by atoms with E-state index in [2.05, 4.69) is 13.8 Å². The van der Waals surface area contributed by atoms with Gasteiger partial charge in [0.25, 0.3) is 0 Å². The maximum absolute atomic E-state index is 12.8. The molecule has 126 valence electrons. The summed E-state index contributed by atoms with van der Waals surface area (Å²) in [5.74, 6) is 0.238. The highest BCUT2D eigenvalue weighted by Crippen LogP contribution is 2.19. The molecule has 2 atom stereocenters. The summed E-state index contributed by atoms with van der Waals surface area (Å²) in [4.78, 5) is 28.6. The monoisotopic (exact) mass is 317 g/mol. The van der Waals surface area contributed by atoms with Crippen LogP contribution in [0.25, 0.3) is 0 Å². The number of likely N-dealkylation sites (N-methyl/N-ethyl adjacent to an activating group) is 1. The lowest BCUT2D eigenvalue weighted by molar-refractivity contribution is -0.151. The Hall–Kier alpha value is -1.88. The second-order valence-electron chi connectivity index (χ2n) is 6.73. The molecule has 0 unspecified atom stereocenters. The maximum Gasteiger partial charge on any atom is 0.245 e. The van der Waals surface area contributed by atoms with Gasteiger partial charge < -0.3 is 15.5 Å². The molecule has 0 bridgehead atoms. The van der Waals surface area contributed by atoms with E-state index in [1.165, 1.54) is 0 Å². The predicted molar refractivity (Wildman–Crippen MR) is 90.7 cm³/mol. The second-order valence-corrected chi connectivity index (χ2v) is 6.73. The average Bonchev–Trinajstić information content (AvgIpc) is 2.52. The Bertz CT molecular complexity index is 544. The normalized spacial score (nSPS) is 20.0. The number of carbonyl (C=O) groups is 2. The summed E-state index contributed by atoms with van der Waals surface area (Å²) >= 11 is 0. The lowest BCUT2D eigenvalue weighted by Gasteiger charge is -2.41. The third-order valence-electron chi connectivity index (χ3n) is 4.31. The molecule has 1 aromatic rings. The lowest BCUT2D eigenvalue weighted by atomic mass is 9.97. The van der Waals surface area contributed by atoms with E-state index in [-0.39, 0.29) is 17.9 Å². The Morgan fingerprint density at radius 1 is 1.26 bits per heavy atom. The van der Waals surface area contributed by atoms with E-state index in [0.717, 1.165) is 5.56 Å². The van der Waals surface area contributed by atoms with Gasteiger partial charge in [0.15, 0.2) is 0 Å². The zero-order valence-corrected chi connectivity index (χ0v) is 14.2. The van der Waals surface area contributed by atoms with Gasteiger partial charge in [0, 0.05) is 20.1 Å². The molecule has 1 heterocycles. The Kier molecular flexibility index (Phi) is 5.77. The number of nitrogens with two attached hydrogens (primary N) is 1. The number of carbonyl (C=O) groups excluding carboxylic acids is 2. The molecule has 5 nitrogen and oxygen atoms in total. The zero-order chi connectivity index (χ0) is 17.0. The summed E-state index contributed by atoms with van der Waals surface area (Å²) in [6, 6.07) is 8.75. The van der Waals surface area contributed by atoms with Gasteiger partial charge in [-0.2, -0.15) is 0 Å². The van der Waals surface area contributed by atoms with E-state index in [1.54, 1.807) is 16.8 Å². The standard InChI is InChI=1S/C18H27N3O2/c1-13(2)11-16-18(23)20(3)9-10-21(16)17(22)15(19)12-14-7-5-4-6-8-14/h4-8,13,15-16H,9-12,19H2,1-3H3/t15-,16-/m0/s1. The molecule has 0 radical (unpaired) electrons. The Labute approximate surface area is 138 Å². The third kappa shape index (κ3) is 4.32. The van der Waals surface area contributed by atoms with Gasteiger partial charge in [0.2, 0.25) is 11.8 Å². The minimum Gasteiger partial charge on any atom is -0.342 e. The van der Waals surface area contributed by atoms with Crippen LogP contribution in [0.2, 0.25) is 0 Å². The minimum absolute atomic E-state index is 0.0187. The van der Waals surface area contributed by atoms with Crippen LogP contribution in [0.1, 0.15) is 25.8 Å². The summed E-state index contributed by atoms with van der Waals surface area (Å²) < 4.78 is 0. The summed E-state index contributed by atoms with van der Waals surface area (Å²) in [6.45, 7) is 5.25. The van der Waals surface area contributed by atoms with Crippen LogP contribution in [0.4, 0.5) is 0 Å². The van der Waals surface area contributed by atoms with E-state index < -0.39 is 6.04 Å². The summed E-state index contributed by atoms with van der Waals surface area (Å²) in [7, 11) is 1.79. The number of hydrogen-bond donors (Lipinski definition) is 1.